The molecule has 0 fully saturated rings. The molecule has 7 heteroatoms. The number of carbonyl (C=O) groups excluding carboxylic acids is 2. The zero-order valence-corrected chi connectivity index (χ0v) is 18.4. The predicted octanol–water partition coefficient (Wildman–Crippen LogP) is 3.97. The van der Waals surface area contributed by atoms with Crippen LogP contribution in [0.4, 0.5) is 0 Å². The van der Waals surface area contributed by atoms with Crippen molar-refractivity contribution < 1.29 is 28.5 Å². The molecule has 0 saturated heterocycles. The highest BCUT2D eigenvalue weighted by atomic mass is 16.6. The summed E-state index contributed by atoms with van der Waals surface area (Å²) in [6, 6.07) is 9.36. The van der Waals surface area contributed by atoms with Gasteiger partial charge >= 0.3 is 5.97 Å². The number of ether oxygens (including phenoxy) is 4. The standard InChI is InChI=1S/C24H29NO6/c1-5-15(6-2)24(27)31-12-11-30-21-18(9-10-20(28-3)22(21)29-4)16-7-8-19-17(13-16)14-25-23(19)26/h7-10,13,15H,5-6,11-12,14H2,1-4H3,(H,25,26). The average molecular weight is 427 g/mol. The summed E-state index contributed by atoms with van der Waals surface area (Å²) in [5.74, 6) is 1.13. The van der Waals surface area contributed by atoms with Gasteiger partial charge in [0, 0.05) is 17.7 Å². The molecule has 0 atom stereocenters. The highest BCUT2D eigenvalue weighted by Gasteiger charge is 2.22. The van der Waals surface area contributed by atoms with Gasteiger partial charge in [0.1, 0.15) is 13.2 Å². The van der Waals surface area contributed by atoms with E-state index < -0.39 is 0 Å². The van der Waals surface area contributed by atoms with Gasteiger partial charge in [-0.2, -0.15) is 0 Å². The number of hydrogen-bond acceptors (Lipinski definition) is 6. The Bertz CT molecular complexity index is 951. The lowest BCUT2D eigenvalue weighted by atomic mass is 9.99. The average Bonchev–Trinajstić information content (AvgIpc) is 3.16. The molecule has 3 rings (SSSR count). The fourth-order valence-corrected chi connectivity index (χ4v) is 3.69. The van der Waals surface area contributed by atoms with Gasteiger partial charge in [0.25, 0.3) is 5.91 Å². The van der Waals surface area contributed by atoms with E-state index in [1.54, 1.807) is 14.2 Å². The van der Waals surface area contributed by atoms with Gasteiger partial charge in [-0.1, -0.05) is 19.9 Å². The molecule has 0 radical (unpaired) electrons. The van der Waals surface area contributed by atoms with Crippen LogP contribution in [0.1, 0.15) is 42.6 Å². The Hall–Kier alpha value is -3.22. The number of methoxy groups -OCH3 is 2. The van der Waals surface area contributed by atoms with E-state index in [9.17, 15) is 9.59 Å². The van der Waals surface area contributed by atoms with Gasteiger partial charge < -0.3 is 24.3 Å². The van der Waals surface area contributed by atoms with Crippen LogP contribution in [-0.2, 0) is 16.1 Å². The van der Waals surface area contributed by atoms with E-state index in [4.69, 9.17) is 18.9 Å². The number of fused-ring (bicyclic) bond motifs is 1. The molecule has 0 aromatic heterocycles. The molecule has 1 aliphatic rings. The van der Waals surface area contributed by atoms with E-state index in [1.807, 2.05) is 44.2 Å². The molecule has 0 spiro atoms. The van der Waals surface area contributed by atoms with Gasteiger partial charge in [-0.25, -0.2) is 0 Å². The first kappa shape index (κ1) is 22.5. The molecule has 0 aliphatic carbocycles. The van der Waals surface area contributed by atoms with Crippen molar-refractivity contribution in [3.63, 3.8) is 0 Å². The lowest BCUT2D eigenvalue weighted by molar-refractivity contribution is -0.149. The summed E-state index contributed by atoms with van der Waals surface area (Å²) in [5, 5.41) is 2.83. The maximum atomic E-state index is 12.1. The third-order valence-corrected chi connectivity index (χ3v) is 5.49. The summed E-state index contributed by atoms with van der Waals surface area (Å²) in [7, 11) is 3.11. The number of hydrogen-bond donors (Lipinski definition) is 1. The van der Waals surface area contributed by atoms with Crippen molar-refractivity contribution in [3.8, 4) is 28.4 Å². The Morgan fingerprint density at radius 1 is 1.00 bits per heavy atom. The zero-order chi connectivity index (χ0) is 22.4. The Kier molecular flexibility index (Phi) is 7.39. The van der Waals surface area contributed by atoms with Gasteiger partial charge in [0.2, 0.25) is 5.75 Å². The quantitative estimate of drug-likeness (QED) is 0.456. The van der Waals surface area contributed by atoms with Gasteiger partial charge in [0.05, 0.1) is 20.1 Å². The van der Waals surface area contributed by atoms with Crippen molar-refractivity contribution in [2.75, 3.05) is 27.4 Å². The first-order chi connectivity index (χ1) is 15.0. The van der Waals surface area contributed by atoms with E-state index in [1.165, 1.54) is 0 Å². The molecule has 0 saturated carbocycles. The van der Waals surface area contributed by atoms with Crippen molar-refractivity contribution in [1.82, 2.24) is 5.32 Å². The SMILES string of the molecule is CCC(CC)C(=O)OCCOc1c(-c2ccc3c(c2)CNC3=O)ccc(OC)c1OC. The van der Waals surface area contributed by atoms with Gasteiger partial charge in [-0.05, 0) is 48.2 Å². The van der Waals surface area contributed by atoms with E-state index in [0.29, 0.717) is 29.4 Å². The molecule has 1 heterocycles. The molecule has 1 aliphatic heterocycles. The molecule has 2 aromatic carbocycles. The number of benzene rings is 2. The number of rotatable bonds is 10. The summed E-state index contributed by atoms with van der Waals surface area (Å²) < 4.78 is 22.4. The molecule has 1 N–H and O–H groups in total. The number of amides is 1. The normalized spacial score (nSPS) is 12.4. The highest BCUT2D eigenvalue weighted by Crippen LogP contribution is 2.44. The lowest BCUT2D eigenvalue weighted by Crippen LogP contribution is -2.19. The number of carbonyl (C=O) groups is 2. The molecule has 0 bridgehead atoms. The fourth-order valence-electron chi connectivity index (χ4n) is 3.69. The van der Waals surface area contributed by atoms with Crippen LogP contribution in [0.15, 0.2) is 30.3 Å². The molecule has 0 unspecified atom stereocenters. The molecule has 2 aromatic rings. The maximum absolute atomic E-state index is 12.1. The second-order valence-electron chi connectivity index (χ2n) is 7.26. The van der Waals surface area contributed by atoms with Crippen molar-refractivity contribution in [2.45, 2.75) is 33.2 Å². The third-order valence-electron chi connectivity index (χ3n) is 5.49. The van der Waals surface area contributed by atoms with Crippen LogP contribution >= 0.6 is 0 Å². The molecular formula is C24H29NO6. The highest BCUT2D eigenvalue weighted by molar-refractivity contribution is 5.99. The third kappa shape index (κ3) is 4.76. The topological polar surface area (TPSA) is 83.1 Å². The smallest absolute Gasteiger partial charge is 0.309 e. The first-order valence-corrected chi connectivity index (χ1v) is 10.5. The van der Waals surface area contributed by atoms with Gasteiger partial charge in [-0.15, -0.1) is 0 Å². The zero-order valence-electron chi connectivity index (χ0n) is 18.4. The minimum atomic E-state index is -0.206. The van der Waals surface area contributed by atoms with E-state index in [-0.39, 0.29) is 31.0 Å². The van der Waals surface area contributed by atoms with Crippen LogP contribution in [0.2, 0.25) is 0 Å². The number of nitrogens with one attached hydrogen (secondary N) is 1. The van der Waals surface area contributed by atoms with Crippen LogP contribution in [-0.4, -0.2) is 39.3 Å². The molecule has 31 heavy (non-hydrogen) atoms. The van der Waals surface area contributed by atoms with Crippen molar-refractivity contribution in [2.24, 2.45) is 5.92 Å². The van der Waals surface area contributed by atoms with Crippen LogP contribution in [0.3, 0.4) is 0 Å². The van der Waals surface area contributed by atoms with Crippen LogP contribution in [0.25, 0.3) is 11.1 Å². The van der Waals surface area contributed by atoms with E-state index in [2.05, 4.69) is 5.32 Å². The maximum Gasteiger partial charge on any atom is 0.309 e. The van der Waals surface area contributed by atoms with Crippen molar-refractivity contribution in [3.05, 3.63) is 41.5 Å². The molecule has 1 amide bonds. The predicted molar refractivity (Wildman–Crippen MR) is 117 cm³/mol. The fraction of sp³-hybridized carbons (Fsp3) is 0.417. The molecule has 166 valence electrons. The summed E-state index contributed by atoms with van der Waals surface area (Å²) in [4.78, 5) is 24.0. The van der Waals surface area contributed by atoms with Crippen molar-refractivity contribution in [1.29, 1.82) is 0 Å². The minimum Gasteiger partial charge on any atom is -0.493 e. The molecule has 7 nitrogen and oxygen atoms in total. The second kappa shape index (κ2) is 10.2. The van der Waals surface area contributed by atoms with Crippen LogP contribution in [0, 0.1) is 5.92 Å². The van der Waals surface area contributed by atoms with Crippen LogP contribution in [0.5, 0.6) is 17.2 Å². The number of esters is 1. The largest absolute Gasteiger partial charge is 0.493 e. The van der Waals surface area contributed by atoms with E-state index in [0.717, 1.165) is 29.5 Å². The van der Waals surface area contributed by atoms with Crippen molar-refractivity contribution >= 4 is 11.9 Å². The van der Waals surface area contributed by atoms with Gasteiger partial charge in [-0.3, -0.25) is 9.59 Å². The minimum absolute atomic E-state index is 0.0652. The Balaban J connectivity index is 1.84. The Morgan fingerprint density at radius 2 is 1.74 bits per heavy atom. The molecular weight excluding hydrogens is 398 g/mol. The second-order valence-corrected chi connectivity index (χ2v) is 7.26. The summed E-state index contributed by atoms with van der Waals surface area (Å²) in [6.07, 6.45) is 1.50. The van der Waals surface area contributed by atoms with Gasteiger partial charge in [0.15, 0.2) is 11.5 Å². The Morgan fingerprint density at radius 3 is 2.42 bits per heavy atom. The lowest BCUT2D eigenvalue weighted by Gasteiger charge is -2.18. The first-order valence-electron chi connectivity index (χ1n) is 10.5. The summed E-state index contributed by atoms with van der Waals surface area (Å²) >= 11 is 0. The van der Waals surface area contributed by atoms with Crippen LogP contribution < -0.4 is 19.5 Å². The van der Waals surface area contributed by atoms with E-state index >= 15 is 0 Å². The monoisotopic (exact) mass is 427 g/mol. The summed E-state index contributed by atoms with van der Waals surface area (Å²) in [6.45, 7) is 4.75. The summed E-state index contributed by atoms with van der Waals surface area (Å²) in [5.41, 5.74) is 3.30. The Labute approximate surface area is 182 Å².